The summed E-state index contributed by atoms with van der Waals surface area (Å²) in [5.41, 5.74) is 1.64. The van der Waals surface area contributed by atoms with E-state index in [1.807, 2.05) is 36.4 Å². The number of thiocarbonyl (C=S) groups is 1. The van der Waals surface area contributed by atoms with Gasteiger partial charge in [0.15, 0.2) is 0 Å². The molecule has 23 heavy (non-hydrogen) atoms. The van der Waals surface area contributed by atoms with Crippen molar-refractivity contribution >= 4 is 56.2 Å². The lowest BCUT2D eigenvalue weighted by molar-refractivity contribution is -0.115. The Hall–Kier alpha value is -1.70. The first-order valence-corrected chi connectivity index (χ1v) is 8.71. The number of rotatable bonds is 4. The molecule has 0 unspecified atom stereocenters. The zero-order valence-electron chi connectivity index (χ0n) is 11.8. The second kappa shape index (κ2) is 7.25. The summed E-state index contributed by atoms with van der Waals surface area (Å²) in [6.07, 6.45) is 3.50. The van der Waals surface area contributed by atoms with Gasteiger partial charge < -0.3 is 10.1 Å². The smallest absolute Gasteiger partial charge is 0.263 e. The molecule has 1 aliphatic rings. The molecule has 116 valence electrons. The fourth-order valence-corrected chi connectivity index (χ4v) is 3.37. The van der Waals surface area contributed by atoms with Crippen molar-refractivity contribution in [2.75, 3.05) is 0 Å². The van der Waals surface area contributed by atoms with E-state index in [2.05, 4.69) is 26.2 Å². The second-order valence-corrected chi connectivity index (χ2v) is 7.28. The first-order valence-electron chi connectivity index (χ1n) is 6.69. The number of halogens is 1. The number of carbonyl (C=O) groups excluding carboxylic acids is 1. The number of benzene rings is 1. The zero-order chi connectivity index (χ0) is 16.2. The highest BCUT2D eigenvalue weighted by atomic mass is 79.9. The molecule has 1 aromatic heterocycles. The van der Waals surface area contributed by atoms with Gasteiger partial charge in [0, 0.05) is 16.2 Å². The van der Waals surface area contributed by atoms with Crippen molar-refractivity contribution in [1.82, 2.24) is 10.3 Å². The van der Waals surface area contributed by atoms with Crippen LogP contribution in [-0.2, 0) is 11.4 Å². The number of thioether (sulfide) groups is 1. The number of carbonyl (C=O) groups is 1. The number of hydrogen-bond donors (Lipinski definition) is 1. The van der Waals surface area contributed by atoms with Gasteiger partial charge in [-0.1, -0.05) is 46.0 Å². The van der Waals surface area contributed by atoms with Crippen LogP contribution in [0, 0.1) is 0 Å². The molecule has 3 rings (SSSR count). The molecule has 4 nitrogen and oxygen atoms in total. The van der Waals surface area contributed by atoms with Crippen molar-refractivity contribution < 1.29 is 9.53 Å². The molecule has 1 aromatic carbocycles. The lowest BCUT2D eigenvalue weighted by atomic mass is 10.2. The SMILES string of the molecule is O=C1NC(=S)SC1=Cc1cc(Br)ccc1OCc1ccccn1. The van der Waals surface area contributed by atoms with Gasteiger partial charge in [0.2, 0.25) is 0 Å². The highest BCUT2D eigenvalue weighted by Gasteiger charge is 2.22. The number of hydrogen-bond acceptors (Lipinski definition) is 5. The van der Waals surface area contributed by atoms with Crippen LogP contribution < -0.4 is 10.1 Å². The topological polar surface area (TPSA) is 51.2 Å². The average molecular weight is 407 g/mol. The Morgan fingerprint density at radius 2 is 2.22 bits per heavy atom. The predicted molar refractivity (Wildman–Crippen MR) is 99.0 cm³/mol. The largest absolute Gasteiger partial charge is 0.487 e. The minimum atomic E-state index is -0.185. The molecule has 1 N–H and O–H groups in total. The van der Waals surface area contributed by atoms with E-state index in [-0.39, 0.29) is 5.91 Å². The second-order valence-electron chi connectivity index (χ2n) is 4.64. The molecular weight excluding hydrogens is 396 g/mol. The average Bonchev–Trinajstić information content (AvgIpc) is 2.85. The lowest BCUT2D eigenvalue weighted by Gasteiger charge is -2.10. The van der Waals surface area contributed by atoms with Crippen LogP contribution in [0.1, 0.15) is 11.3 Å². The minimum Gasteiger partial charge on any atom is -0.487 e. The van der Waals surface area contributed by atoms with Gasteiger partial charge in [0.05, 0.1) is 10.6 Å². The molecule has 2 heterocycles. The van der Waals surface area contributed by atoms with Crippen molar-refractivity contribution in [3.05, 3.63) is 63.2 Å². The fraction of sp³-hybridized carbons (Fsp3) is 0.0625. The highest BCUT2D eigenvalue weighted by molar-refractivity contribution is 9.10. The molecule has 7 heteroatoms. The van der Waals surface area contributed by atoms with Crippen molar-refractivity contribution in [1.29, 1.82) is 0 Å². The standard InChI is InChI=1S/C16H11BrN2O2S2/c17-11-4-5-13(21-9-12-3-1-2-6-18-12)10(7-11)8-14-15(20)19-16(22)23-14/h1-8H,9H2,(H,19,20,22). The van der Waals surface area contributed by atoms with Gasteiger partial charge in [-0.05, 0) is 36.4 Å². The monoisotopic (exact) mass is 406 g/mol. The molecule has 0 aliphatic carbocycles. The number of nitrogens with one attached hydrogen (secondary N) is 1. The molecule has 1 aliphatic heterocycles. The molecule has 0 spiro atoms. The number of ether oxygens (including phenoxy) is 1. The van der Waals surface area contributed by atoms with Crippen LogP contribution in [0.3, 0.4) is 0 Å². The van der Waals surface area contributed by atoms with Crippen molar-refractivity contribution in [3.8, 4) is 5.75 Å². The van der Waals surface area contributed by atoms with E-state index in [4.69, 9.17) is 17.0 Å². The molecule has 1 saturated heterocycles. The Morgan fingerprint density at radius 1 is 1.35 bits per heavy atom. The van der Waals surface area contributed by atoms with Gasteiger partial charge in [-0.2, -0.15) is 0 Å². The van der Waals surface area contributed by atoms with E-state index in [0.717, 1.165) is 15.7 Å². The minimum absolute atomic E-state index is 0.185. The van der Waals surface area contributed by atoms with Gasteiger partial charge in [-0.25, -0.2) is 0 Å². The third-order valence-electron chi connectivity index (χ3n) is 3.00. The van der Waals surface area contributed by atoms with Gasteiger partial charge in [0.25, 0.3) is 5.91 Å². The number of nitrogens with zero attached hydrogens (tertiary/aromatic N) is 1. The predicted octanol–water partition coefficient (Wildman–Crippen LogP) is 3.91. The van der Waals surface area contributed by atoms with Gasteiger partial charge in [-0.15, -0.1) is 0 Å². The fourth-order valence-electron chi connectivity index (χ4n) is 1.96. The summed E-state index contributed by atoms with van der Waals surface area (Å²) in [4.78, 5) is 16.6. The number of pyridine rings is 1. The molecule has 0 bridgehead atoms. The summed E-state index contributed by atoms with van der Waals surface area (Å²) in [6.45, 7) is 0.358. The van der Waals surface area contributed by atoms with Gasteiger partial charge in [-0.3, -0.25) is 9.78 Å². The maximum absolute atomic E-state index is 11.8. The number of amides is 1. The molecule has 1 amide bonds. The molecule has 0 saturated carbocycles. The van der Waals surface area contributed by atoms with Crippen LogP contribution in [0.4, 0.5) is 0 Å². The summed E-state index contributed by atoms with van der Waals surface area (Å²) in [7, 11) is 0. The third kappa shape index (κ3) is 4.19. The van der Waals surface area contributed by atoms with E-state index in [1.165, 1.54) is 11.8 Å². The molecule has 0 atom stereocenters. The molecule has 2 aromatic rings. The molecule has 1 fully saturated rings. The van der Waals surface area contributed by atoms with Crippen LogP contribution in [0.15, 0.2) is 52.0 Å². The van der Waals surface area contributed by atoms with Crippen molar-refractivity contribution in [2.45, 2.75) is 6.61 Å². The lowest BCUT2D eigenvalue weighted by Crippen LogP contribution is -2.17. The van der Waals surface area contributed by atoms with Gasteiger partial charge in [0.1, 0.15) is 16.7 Å². The van der Waals surface area contributed by atoms with Crippen molar-refractivity contribution in [2.24, 2.45) is 0 Å². The molecular formula is C16H11BrN2O2S2. The Labute approximate surface area is 151 Å². The summed E-state index contributed by atoms with van der Waals surface area (Å²) in [5.74, 6) is 0.494. The van der Waals surface area contributed by atoms with E-state index in [0.29, 0.717) is 21.6 Å². The summed E-state index contributed by atoms with van der Waals surface area (Å²) < 4.78 is 7.22. The maximum Gasteiger partial charge on any atom is 0.263 e. The zero-order valence-corrected chi connectivity index (χ0v) is 15.0. The quantitative estimate of drug-likeness (QED) is 0.615. The first-order chi connectivity index (χ1) is 11.1. The van der Waals surface area contributed by atoms with E-state index < -0.39 is 0 Å². The Morgan fingerprint density at radius 3 is 2.91 bits per heavy atom. The normalized spacial score (nSPS) is 15.8. The Bertz CT molecular complexity index is 794. The summed E-state index contributed by atoms with van der Waals surface area (Å²) in [6, 6.07) is 11.3. The Balaban J connectivity index is 1.85. The summed E-state index contributed by atoms with van der Waals surface area (Å²) in [5, 5.41) is 2.60. The van der Waals surface area contributed by atoms with Crippen LogP contribution in [0.5, 0.6) is 5.75 Å². The highest BCUT2D eigenvalue weighted by Crippen LogP contribution is 2.31. The third-order valence-corrected chi connectivity index (χ3v) is 4.66. The van der Waals surface area contributed by atoms with Crippen molar-refractivity contribution in [3.63, 3.8) is 0 Å². The van der Waals surface area contributed by atoms with E-state index >= 15 is 0 Å². The van der Waals surface area contributed by atoms with E-state index in [1.54, 1.807) is 12.3 Å². The first kappa shape index (κ1) is 16.2. The van der Waals surface area contributed by atoms with Crippen LogP contribution >= 0.6 is 39.9 Å². The number of aromatic nitrogens is 1. The van der Waals surface area contributed by atoms with Crippen LogP contribution in [0.25, 0.3) is 6.08 Å². The summed E-state index contributed by atoms with van der Waals surface area (Å²) >= 11 is 9.69. The van der Waals surface area contributed by atoms with E-state index in [9.17, 15) is 4.79 Å². The molecule has 0 radical (unpaired) electrons. The maximum atomic E-state index is 11.8. The Kier molecular flexibility index (Phi) is 5.09. The van der Waals surface area contributed by atoms with Crippen LogP contribution in [-0.4, -0.2) is 15.2 Å². The van der Waals surface area contributed by atoms with Crippen LogP contribution in [0.2, 0.25) is 0 Å². The van der Waals surface area contributed by atoms with Gasteiger partial charge >= 0.3 is 0 Å².